The average Bonchev–Trinajstić information content (AvgIpc) is 3.37. The van der Waals surface area contributed by atoms with Crippen LogP contribution < -0.4 is 0 Å². The number of benzene rings is 2. The van der Waals surface area contributed by atoms with Crippen LogP contribution in [0, 0.1) is 19.3 Å². The zero-order chi connectivity index (χ0) is 27.4. The van der Waals surface area contributed by atoms with Gasteiger partial charge in [0.15, 0.2) is 0 Å². The van der Waals surface area contributed by atoms with E-state index in [2.05, 4.69) is 76.7 Å². The van der Waals surface area contributed by atoms with Gasteiger partial charge in [0.1, 0.15) is 5.82 Å². The van der Waals surface area contributed by atoms with E-state index in [1.54, 1.807) is 0 Å². The Morgan fingerprint density at radius 2 is 1.64 bits per heavy atom. The molecule has 0 N–H and O–H groups in total. The molecule has 1 aromatic heterocycles. The number of amides is 1. The molecule has 3 aromatic rings. The fourth-order valence-corrected chi connectivity index (χ4v) is 8.06. The molecule has 3 saturated heterocycles. The lowest BCUT2D eigenvalue weighted by Crippen LogP contribution is -2.50. The van der Waals surface area contributed by atoms with Gasteiger partial charge in [-0.1, -0.05) is 62.7 Å². The second-order valence-corrected chi connectivity index (χ2v) is 13.7. The van der Waals surface area contributed by atoms with Crippen LogP contribution >= 0.6 is 0 Å². The molecular formula is C34H46N4O. The molecular weight excluding hydrogens is 480 g/mol. The van der Waals surface area contributed by atoms with E-state index < -0.39 is 0 Å². The summed E-state index contributed by atoms with van der Waals surface area (Å²) in [6.07, 6.45) is 8.38. The smallest absolute Gasteiger partial charge is 0.227 e. The van der Waals surface area contributed by atoms with Crippen LogP contribution in [0.25, 0.3) is 11.0 Å². The first-order valence-corrected chi connectivity index (χ1v) is 15.2. The Kier molecular flexibility index (Phi) is 6.86. The SMILES string of the molecule is Cc1cccc(C2(CCN3[C@@H]4CC[C@H]3CC(n3c(C)nc5ccccc53)C4)CCN(C(=O)C(C)(C)C)CC2)c1. The number of fused-ring (bicyclic) bond motifs is 3. The van der Waals surface area contributed by atoms with E-state index in [1.165, 1.54) is 48.7 Å². The number of rotatable bonds is 5. The second kappa shape index (κ2) is 10.1. The first-order chi connectivity index (χ1) is 18.6. The van der Waals surface area contributed by atoms with Gasteiger partial charge < -0.3 is 9.47 Å². The van der Waals surface area contributed by atoms with Gasteiger partial charge in [0.25, 0.3) is 0 Å². The zero-order valence-corrected chi connectivity index (χ0v) is 24.6. The summed E-state index contributed by atoms with van der Waals surface area (Å²) in [4.78, 5) is 22.9. The Morgan fingerprint density at radius 1 is 0.949 bits per heavy atom. The van der Waals surface area contributed by atoms with Crippen molar-refractivity contribution < 1.29 is 4.79 Å². The molecule has 0 spiro atoms. The molecule has 4 heterocycles. The monoisotopic (exact) mass is 526 g/mol. The third kappa shape index (κ3) is 4.92. The highest BCUT2D eigenvalue weighted by Gasteiger charge is 2.44. The predicted octanol–water partition coefficient (Wildman–Crippen LogP) is 6.82. The molecule has 39 heavy (non-hydrogen) atoms. The summed E-state index contributed by atoms with van der Waals surface area (Å²) in [5.41, 5.74) is 5.07. The minimum atomic E-state index is -0.314. The quantitative estimate of drug-likeness (QED) is 0.366. The number of aryl methyl sites for hydroxylation is 2. The molecule has 3 atom stereocenters. The predicted molar refractivity (Wildman–Crippen MR) is 159 cm³/mol. The van der Waals surface area contributed by atoms with Crippen molar-refractivity contribution in [2.75, 3.05) is 19.6 Å². The molecule has 5 nitrogen and oxygen atoms in total. The largest absolute Gasteiger partial charge is 0.342 e. The third-order valence-corrected chi connectivity index (χ3v) is 10.1. The number of likely N-dealkylation sites (tertiary alicyclic amines) is 1. The van der Waals surface area contributed by atoms with Crippen LogP contribution in [0.2, 0.25) is 0 Å². The Balaban J connectivity index is 1.19. The van der Waals surface area contributed by atoms with Crippen molar-refractivity contribution in [3.8, 4) is 0 Å². The van der Waals surface area contributed by atoms with Gasteiger partial charge in [0, 0.05) is 36.6 Å². The molecule has 1 unspecified atom stereocenters. The maximum absolute atomic E-state index is 13.1. The van der Waals surface area contributed by atoms with Crippen LogP contribution in [-0.4, -0.2) is 57.0 Å². The minimum absolute atomic E-state index is 0.147. The lowest BCUT2D eigenvalue weighted by atomic mass is 9.69. The molecule has 2 bridgehead atoms. The van der Waals surface area contributed by atoms with E-state index >= 15 is 0 Å². The molecule has 208 valence electrons. The van der Waals surface area contributed by atoms with Crippen molar-refractivity contribution >= 4 is 16.9 Å². The maximum Gasteiger partial charge on any atom is 0.227 e. The number of para-hydroxylation sites is 2. The molecule has 1 amide bonds. The summed E-state index contributed by atoms with van der Waals surface area (Å²) in [5, 5.41) is 0. The minimum Gasteiger partial charge on any atom is -0.342 e. The van der Waals surface area contributed by atoms with E-state index in [9.17, 15) is 4.79 Å². The highest BCUT2D eigenvalue weighted by molar-refractivity contribution is 5.81. The Bertz CT molecular complexity index is 1330. The maximum atomic E-state index is 13.1. The third-order valence-electron chi connectivity index (χ3n) is 10.1. The van der Waals surface area contributed by atoms with Crippen molar-refractivity contribution in [2.24, 2.45) is 5.41 Å². The molecule has 2 aromatic carbocycles. The van der Waals surface area contributed by atoms with Gasteiger partial charge in [0.2, 0.25) is 5.91 Å². The summed E-state index contributed by atoms with van der Waals surface area (Å²) < 4.78 is 2.54. The first-order valence-electron chi connectivity index (χ1n) is 15.2. The molecule has 0 radical (unpaired) electrons. The van der Waals surface area contributed by atoms with Crippen molar-refractivity contribution in [2.45, 2.75) is 103 Å². The molecule has 3 fully saturated rings. The van der Waals surface area contributed by atoms with Gasteiger partial charge in [-0.15, -0.1) is 0 Å². The number of aromatic nitrogens is 2. The van der Waals surface area contributed by atoms with E-state index in [0.29, 0.717) is 24.0 Å². The zero-order valence-electron chi connectivity index (χ0n) is 24.6. The van der Waals surface area contributed by atoms with Crippen molar-refractivity contribution in [3.63, 3.8) is 0 Å². The topological polar surface area (TPSA) is 41.4 Å². The van der Waals surface area contributed by atoms with Crippen LogP contribution in [0.5, 0.6) is 0 Å². The molecule has 3 aliphatic heterocycles. The molecule has 6 rings (SSSR count). The second-order valence-electron chi connectivity index (χ2n) is 13.7. The van der Waals surface area contributed by atoms with Gasteiger partial charge in [-0.2, -0.15) is 0 Å². The van der Waals surface area contributed by atoms with Crippen molar-refractivity contribution in [1.29, 1.82) is 0 Å². The molecule has 0 aliphatic carbocycles. The molecule has 5 heteroatoms. The highest BCUT2D eigenvalue weighted by atomic mass is 16.2. The van der Waals surface area contributed by atoms with E-state index in [-0.39, 0.29) is 10.8 Å². The Labute approximate surface area is 234 Å². The average molecular weight is 527 g/mol. The molecule has 3 aliphatic rings. The van der Waals surface area contributed by atoms with Gasteiger partial charge in [-0.3, -0.25) is 9.69 Å². The fourth-order valence-electron chi connectivity index (χ4n) is 8.06. The number of piperidine rings is 2. The number of imidazole rings is 1. The lowest BCUT2D eigenvalue weighted by molar-refractivity contribution is -0.141. The number of carbonyl (C=O) groups excluding carboxylic acids is 1. The van der Waals surface area contributed by atoms with Crippen LogP contribution in [-0.2, 0) is 10.2 Å². The lowest BCUT2D eigenvalue weighted by Gasteiger charge is -2.46. The number of hydrogen-bond acceptors (Lipinski definition) is 3. The summed E-state index contributed by atoms with van der Waals surface area (Å²) in [6.45, 7) is 13.4. The van der Waals surface area contributed by atoms with E-state index in [0.717, 1.165) is 43.8 Å². The Morgan fingerprint density at radius 3 is 2.31 bits per heavy atom. The van der Waals surface area contributed by atoms with Crippen LogP contribution in [0.4, 0.5) is 0 Å². The highest BCUT2D eigenvalue weighted by Crippen LogP contribution is 2.45. The first kappa shape index (κ1) is 26.6. The summed E-state index contributed by atoms with van der Waals surface area (Å²) in [7, 11) is 0. The summed E-state index contributed by atoms with van der Waals surface area (Å²) in [5.74, 6) is 1.45. The number of hydrogen-bond donors (Lipinski definition) is 0. The van der Waals surface area contributed by atoms with Crippen molar-refractivity contribution in [3.05, 3.63) is 65.5 Å². The fraction of sp³-hybridized carbons (Fsp3) is 0.588. The summed E-state index contributed by atoms with van der Waals surface area (Å²) in [6, 6.07) is 19.7. The van der Waals surface area contributed by atoms with Crippen LogP contribution in [0.3, 0.4) is 0 Å². The van der Waals surface area contributed by atoms with Crippen LogP contribution in [0.15, 0.2) is 48.5 Å². The van der Waals surface area contributed by atoms with Gasteiger partial charge >= 0.3 is 0 Å². The normalized spacial score (nSPS) is 25.4. The number of carbonyl (C=O) groups is 1. The van der Waals surface area contributed by atoms with E-state index in [1.807, 2.05) is 20.8 Å². The standard InChI is InChI=1S/C34H46N4O/c1-24-9-8-10-26(21-24)34(15-18-36(19-16-34)32(39)33(3,4)5)17-20-37-27-13-14-28(37)23-29(22-27)38-25(2)35-30-11-6-7-12-31(30)38/h6-12,21,27-29H,13-20,22-23H2,1-5H3/t27-,28+,29?. The van der Waals surface area contributed by atoms with Gasteiger partial charge in [0.05, 0.1) is 11.0 Å². The van der Waals surface area contributed by atoms with Gasteiger partial charge in [-0.05, 0) is 88.4 Å². The van der Waals surface area contributed by atoms with Gasteiger partial charge in [-0.25, -0.2) is 4.98 Å². The molecule has 0 saturated carbocycles. The summed E-state index contributed by atoms with van der Waals surface area (Å²) >= 11 is 0. The van der Waals surface area contributed by atoms with Crippen LogP contribution in [0.1, 0.15) is 88.7 Å². The Hall–Kier alpha value is -2.66. The van der Waals surface area contributed by atoms with Crippen molar-refractivity contribution in [1.82, 2.24) is 19.4 Å². The van der Waals surface area contributed by atoms with E-state index in [4.69, 9.17) is 4.98 Å². The number of nitrogens with zero attached hydrogens (tertiary/aromatic N) is 4.